The third-order valence-corrected chi connectivity index (χ3v) is 1.90. The van der Waals surface area contributed by atoms with Crippen molar-refractivity contribution in [2.45, 2.75) is 0 Å². The van der Waals surface area contributed by atoms with Crippen LogP contribution in [0.25, 0.3) is 6.08 Å². The fourth-order valence-corrected chi connectivity index (χ4v) is 1.03. The van der Waals surface area contributed by atoms with Crippen molar-refractivity contribution in [3.63, 3.8) is 0 Å². The zero-order chi connectivity index (χ0) is 11.1. The highest BCUT2D eigenvalue weighted by Gasteiger charge is 2.02. The van der Waals surface area contributed by atoms with Crippen LogP contribution in [0.5, 0.6) is 0 Å². The lowest BCUT2D eigenvalue weighted by Crippen LogP contribution is -2.26. The Hall–Kier alpha value is -1.90. The first kappa shape index (κ1) is 11.2. The van der Waals surface area contributed by atoms with Crippen molar-refractivity contribution < 1.29 is 9.59 Å². The third-order valence-electron chi connectivity index (χ3n) is 1.90. The Labute approximate surface area is 89.0 Å². The van der Waals surface area contributed by atoms with Gasteiger partial charge in [-0.1, -0.05) is 30.3 Å². The molecule has 0 spiro atoms. The van der Waals surface area contributed by atoms with E-state index in [1.54, 1.807) is 19.4 Å². The molecule has 77 valence electrons. The Morgan fingerprint density at radius 3 is 2.67 bits per heavy atom. The van der Waals surface area contributed by atoms with Crippen molar-refractivity contribution in [2.24, 2.45) is 0 Å². The number of carbonyl (C=O) groups excluding carboxylic acids is 2. The van der Waals surface area contributed by atoms with E-state index in [0.717, 1.165) is 5.56 Å². The lowest BCUT2D eigenvalue weighted by Gasteiger charge is -2.09. The van der Waals surface area contributed by atoms with E-state index in [1.807, 2.05) is 30.3 Å². The molecule has 0 saturated carbocycles. The number of amides is 1. The highest BCUT2D eigenvalue weighted by Crippen LogP contribution is 2.01. The van der Waals surface area contributed by atoms with Crippen LogP contribution in [-0.2, 0) is 9.59 Å². The molecule has 3 heteroatoms. The first-order chi connectivity index (χ1) is 7.24. The predicted octanol–water partition coefficient (Wildman–Crippen LogP) is 1.27. The van der Waals surface area contributed by atoms with Gasteiger partial charge >= 0.3 is 0 Å². The van der Waals surface area contributed by atoms with Crippen LogP contribution in [0.3, 0.4) is 0 Å². The highest BCUT2D eigenvalue weighted by atomic mass is 16.2. The maximum atomic E-state index is 11.4. The smallest absolute Gasteiger partial charge is 0.246 e. The molecule has 1 aromatic carbocycles. The molecular formula is C12H12NO2. The van der Waals surface area contributed by atoms with Gasteiger partial charge in [-0.15, -0.1) is 0 Å². The second-order valence-corrected chi connectivity index (χ2v) is 3.08. The first-order valence-electron chi connectivity index (χ1n) is 4.57. The van der Waals surface area contributed by atoms with E-state index >= 15 is 0 Å². The van der Waals surface area contributed by atoms with E-state index in [-0.39, 0.29) is 12.5 Å². The van der Waals surface area contributed by atoms with E-state index in [0.29, 0.717) is 0 Å². The molecule has 0 aliphatic carbocycles. The SMILES string of the molecule is CN(C[C]=O)C(=O)/C=C/c1ccccc1. The fourth-order valence-electron chi connectivity index (χ4n) is 1.03. The van der Waals surface area contributed by atoms with Gasteiger partial charge in [0, 0.05) is 13.1 Å². The van der Waals surface area contributed by atoms with Crippen LogP contribution in [0, 0.1) is 0 Å². The molecular weight excluding hydrogens is 190 g/mol. The summed E-state index contributed by atoms with van der Waals surface area (Å²) in [5.41, 5.74) is 0.953. The maximum Gasteiger partial charge on any atom is 0.246 e. The summed E-state index contributed by atoms with van der Waals surface area (Å²) >= 11 is 0. The van der Waals surface area contributed by atoms with Gasteiger partial charge in [-0.2, -0.15) is 0 Å². The largest absolute Gasteiger partial charge is 0.334 e. The molecule has 0 bridgehead atoms. The fraction of sp³-hybridized carbons (Fsp3) is 0.167. The summed E-state index contributed by atoms with van der Waals surface area (Å²) in [5, 5.41) is 0. The normalized spacial score (nSPS) is 10.2. The summed E-state index contributed by atoms with van der Waals surface area (Å²) in [5.74, 6) is -0.206. The molecule has 0 fully saturated rings. The van der Waals surface area contributed by atoms with E-state index in [2.05, 4.69) is 0 Å². The average Bonchev–Trinajstić information content (AvgIpc) is 2.27. The number of hydrogen-bond acceptors (Lipinski definition) is 2. The van der Waals surface area contributed by atoms with Crippen molar-refractivity contribution in [2.75, 3.05) is 13.6 Å². The molecule has 1 radical (unpaired) electrons. The van der Waals surface area contributed by atoms with Crippen molar-refractivity contribution in [1.29, 1.82) is 0 Å². The molecule has 1 aromatic rings. The number of likely N-dealkylation sites (N-methyl/N-ethyl adjacent to an activating group) is 1. The van der Waals surface area contributed by atoms with Gasteiger partial charge in [0.2, 0.25) is 12.2 Å². The highest BCUT2D eigenvalue weighted by molar-refractivity contribution is 5.92. The predicted molar refractivity (Wildman–Crippen MR) is 58.8 cm³/mol. The minimum atomic E-state index is -0.206. The molecule has 1 rings (SSSR count). The monoisotopic (exact) mass is 202 g/mol. The van der Waals surface area contributed by atoms with Gasteiger partial charge in [-0.25, -0.2) is 0 Å². The van der Waals surface area contributed by atoms with Crippen LogP contribution in [0.15, 0.2) is 36.4 Å². The minimum absolute atomic E-state index is 0.00202. The molecule has 0 N–H and O–H groups in total. The Bertz CT molecular complexity index is 357. The summed E-state index contributed by atoms with van der Waals surface area (Å²) in [7, 11) is 1.56. The Balaban J connectivity index is 2.58. The topological polar surface area (TPSA) is 37.4 Å². The van der Waals surface area contributed by atoms with Gasteiger partial charge < -0.3 is 4.90 Å². The second-order valence-electron chi connectivity index (χ2n) is 3.08. The van der Waals surface area contributed by atoms with Crippen molar-refractivity contribution in [3.8, 4) is 0 Å². The number of hydrogen-bond donors (Lipinski definition) is 0. The molecule has 0 aliphatic heterocycles. The summed E-state index contributed by atoms with van der Waals surface area (Å²) in [6.45, 7) is -0.00202. The van der Waals surface area contributed by atoms with Crippen LogP contribution < -0.4 is 0 Å². The number of rotatable bonds is 4. The van der Waals surface area contributed by atoms with E-state index in [1.165, 1.54) is 11.0 Å². The lowest BCUT2D eigenvalue weighted by molar-refractivity contribution is -0.124. The number of carbonyl (C=O) groups is 1. The van der Waals surface area contributed by atoms with Crippen molar-refractivity contribution in [3.05, 3.63) is 42.0 Å². The molecule has 15 heavy (non-hydrogen) atoms. The van der Waals surface area contributed by atoms with E-state index < -0.39 is 0 Å². The van der Waals surface area contributed by atoms with Gasteiger partial charge in [-0.05, 0) is 11.6 Å². The van der Waals surface area contributed by atoms with Gasteiger partial charge in [0.1, 0.15) is 0 Å². The van der Waals surface area contributed by atoms with E-state index in [9.17, 15) is 9.59 Å². The van der Waals surface area contributed by atoms with Crippen molar-refractivity contribution >= 4 is 18.3 Å². The van der Waals surface area contributed by atoms with Crippen LogP contribution in [-0.4, -0.2) is 30.7 Å². The lowest BCUT2D eigenvalue weighted by atomic mass is 10.2. The standard InChI is InChI=1S/C12H12NO2/c1-13(9-10-14)12(15)8-7-11-5-3-2-4-6-11/h2-8H,9H2,1H3/b8-7+. The summed E-state index contributed by atoms with van der Waals surface area (Å²) in [6.07, 6.45) is 4.82. The minimum Gasteiger partial charge on any atom is -0.334 e. The zero-order valence-electron chi connectivity index (χ0n) is 8.51. The molecule has 0 atom stereocenters. The van der Waals surface area contributed by atoms with E-state index in [4.69, 9.17) is 0 Å². The van der Waals surface area contributed by atoms with Gasteiger partial charge in [0.05, 0.1) is 6.54 Å². The molecule has 3 nitrogen and oxygen atoms in total. The second kappa shape index (κ2) is 5.75. The Morgan fingerprint density at radius 2 is 2.07 bits per heavy atom. The molecule has 0 heterocycles. The summed E-state index contributed by atoms with van der Waals surface area (Å²) < 4.78 is 0. The quantitative estimate of drug-likeness (QED) is 0.689. The average molecular weight is 202 g/mol. The van der Waals surface area contributed by atoms with Gasteiger partial charge in [0.25, 0.3) is 0 Å². The Kier molecular flexibility index (Phi) is 4.29. The first-order valence-corrected chi connectivity index (χ1v) is 4.57. The molecule has 0 aromatic heterocycles. The Morgan fingerprint density at radius 1 is 1.40 bits per heavy atom. The van der Waals surface area contributed by atoms with Crippen LogP contribution >= 0.6 is 0 Å². The zero-order valence-corrected chi connectivity index (χ0v) is 8.51. The summed E-state index contributed by atoms with van der Waals surface area (Å²) in [4.78, 5) is 22.7. The van der Waals surface area contributed by atoms with Crippen molar-refractivity contribution in [1.82, 2.24) is 4.90 Å². The molecule has 0 aliphatic rings. The van der Waals surface area contributed by atoms with Crippen LogP contribution in [0.2, 0.25) is 0 Å². The summed E-state index contributed by atoms with van der Waals surface area (Å²) in [6, 6.07) is 9.50. The maximum absolute atomic E-state index is 11.4. The molecule has 1 amide bonds. The molecule has 0 unspecified atom stereocenters. The van der Waals surface area contributed by atoms with Gasteiger partial charge in [0.15, 0.2) is 0 Å². The molecule has 0 saturated heterocycles. The third kappa shape index (κ3) is 3.77. The van der Waals surface area contributed by atoms with Gasteiger partial charge in [-0.3, -0.25) is 9.59 Å². The van der Waals surface area contributed by atoms with Crippen LogP contribution in [0.4, 0.5) is 0 Å². The van der Waals surface area contributed by atoms with Crippen LogP contribution in [0.1, 0.15) is 5.56 Å². The number of benzene rings is 1. The number of nitrogens with zero attached hydrogens (tertiary/aromatic N) is 1.